The van der Waals surface area contributed by atoms with Gasteiger partial charge in [-0.3, -0.25) is 0 Å². The van der Waals surface area contributed by atoms with Crippen LogP contribution in [0.2, 0.25) is 0 Å². The van der Waals surface area contributed by atoms with Crippen LogP contribution >= 0.6 is 0 Å². The Balaban J connectivity index is 1.31. The molecule has 1 aromatic heterocycles. The highest BCUT2D eigenvalue weighted by molar-refractivity contribution is 5.68. The Hall–Kier alpha value is -2.87. The normalized spacial score (nSPS) is 19.3. The van der Waals surface area contributed by atoms with Crippen LogP contribution in [0.3, 0.4) is 0 Å². The van der Waals surface area contributed by atoms with Crippen LogP contribution < -0.4 is 9.64 Å². The van der Waals surface area contributed by atoms with Crippen molar-refractivity contribution in [1.29, 1.82) is 5.26 Å². The van der Waals surface area contributed by atoms with E-state index in [2.05, 4.69) is 46.9 Å². The zero-order valence-corrected chi connectivity index (χ0v) is 19.4. The number of aryl methyl sites for hydroxylation is 1. The van der Waals surface area contributed by atoms with Crippen LogP contribution in [-0.4, -0.2) is 29.7 Å². The number of allylic oxidation sites excluding steroid dienone is 2. The molecule has 32 heavy (non-hydrogen) atoms. The van der Waals surface area contributed by atoms with Crippen molar-refractivity contribution >= 4 is 11.5 Å². The molecule has 0 spiro atoms. The highest BCUT2D eigenvalue weighted by Crippen LogP contribution is 2.33. The Morgan fingerprint density at radius 3 is 2.50 bits per heavy atom. The fraction of sp³-hybridized carbons (Fsp3) is 0.519. The number of rotatable bonds is 7. The zero-order chi connectivity index (χ0) is 22.3. The van der Waals surface area contributed by atoms with Crippen LogP contribution in [-0.2, 0) is 6.42 Å². The molecule has 0 amide bonds. The molecule has 0 N–H and O–H groups in total. The first-order valence-electron chi connectivity index (χ1n) is 12.1. The summed E-state index contributed by atoms with van der Waals surface area (Å²) < 4.78 is 6.12. The fourth-order valence-corrected chi connectivity index (χ4v) is 4.67. The van der Waals surface area contributed by atoms with Gasteiger partial charge in [-0.05, 0) is 79.2 Å². The van der Waals surface area contributed by atoms with Crippen LogP contribution in [0.5, 0.6) is 5.75 Å². The van der Waals surface area contributed by atoms with E-state index in [0.29, 0.717) is 23.8 Å². The molecule has 2 aliphatic rings. The van der Waals surface area contributed by atoms with E-state index in [1.165, 1.54) is 29.5 Å². The third kappa shape index (κ3) is 5.30. The molecule has 2 heterocycles. The van der Waals surface area contributed by atoms with E-state index in [4.69, 9.17) is 4.74 Å². The third-order valence-electron chi connectivity index (χ3n) is 7.04. The fourth-order valence-electron chi connectivity index (χ4n) is 4.67. The SMILES string of the molecule is CCc1cnc(N2CCC(COc3ccc(C4=CCC(CC)CC4)cc3C#N)CC2)nc1. The van der Waals surface area contributed by atoms with Gasteiger partial charge in [-0.1, -0.05) is 32.4 Å². The van der Waals surface area contributed by atoms with Crippen molar-refractivity contribution in [2.75, 3.05) is 24.6 Å². The summed E-state index contributed by atoms with van der Waals surface area (Å²) in [5, 5.41) is 9.69. The van der Waals surface area contributed by atoms with E-state index in [-0.39, 0.29) is 0 Å². The van der Waals surface area contributed by atoms with Gasteiger partial charge in [0.25, 0.3) is 0 Å². The number of aromatic nitrogens is 2. The molecule has 4 rings (SSSR count). The summed E-state index contributed by atoms with van der Waals surface area (Å²) in [4.78, 5) is 11.3. The van der Waals surface area contributed by atoms with Gasteiger partial charge in [-0.25, -0.2) is 9.97 Å². The summed E-state index contributed by atoms with van der Waals surface area (Å²) in [6.07, 6.45) is 14.0. The first-order chi connectivity index (χ1) is 15.7. The number of hydrogen-bond acceptors (Lipinski definition) is 5. The van der Waals surface area contributed by atoms with Gasteiger partial charge in [0.2, 0.25) is 5.95 Å². The lowest BCUT2D eigenvalue weighted by Gasteiger charge is -2.31. The summed E-state index contributed by atoms with van der Waals surface area (Å²) in [6.45, 7) is 6.92. The Labute approximate surface area is 192 Å². The lowest BCUT2D eigenvalue weighted by Crippen LogP contribution is -2.36. The molecule has 0 saturated carbocycles. The number of nitrogens with zero attached hydrogens (tertiary/aromatic N) is 4. The number of hydrogen-bond donors (Lipinski definition) is 0. The van der Waals surface area contributed by atoms with Crippen molar-refractivity contribution in [3.63, 3.8) is 0 Å². The predicted molar refractivity (Wildman–Crippen MR) is 129 cm³/mol. The maximum absolute atomic E-state index is 9.69. The Bertz CT molecular complexity index is 968. The molecular weight excluding hydrogens is 396 g/mol. The van der Waals surface area contributed by atoms with Gasteiger partial charge >= 0.3 is 0 Å². The first kappa shape index (κ1) is 22.3. The number of anilines is 1. The minimum atomic E-state index is 0.486. The van der Waals surface area contributed by atoms with Crippen molar-refractivity contribution in [2.24, 2.45) is 11.8 Å². The van der Waals surface area contributed by atoms with E-state index in [1.807, 2.05) is 24.5 Å². The van der Waals surface area contributed by atoms with Gasteiger partial charge < -0.3 is 9.64 Å². The van der Waals surface area contributed by atoms with E-state index in [0.717, 1.165) is 57.1 Å². The molecule has 0 bridgehead atoms. The third-order valence-corrected chi connectivity index (χ3v) is 7.04. The van der Waals surface area contributed by atoms with Gasteiger partial charge in [0.05, 0.1) is 12.2 Å². The summed E-state index contributed by atoms with van der Waals surface area (Å²) in [5.74, 6) is 2.83. The number of ether oxygens (including phenoxy) is 1. The quantitative estimate of drug-likeness (QED) is 0.555. The minimum Gasteiger partial charge on any atom is -0.492 e. The first-order valence-corrected chi connectivity index (χ1v) is 12.1. The molecule has 1 atom stereocenters. The molecule has 1 saturated heterocycles. The highest BCUT2D eigenvalue weighted by Gasteiger charge is 2.22. The van der Waals surface area contributed by atoms with Crippen molar-refractivity contribution in [3.8, 4) is 11.8 Å². The second kappa shape index (κ2) is 10.6. The van der Waals surface area contributed by atoms with Crippen LogP contribution in [0, 0.1) is 23.2 Å². The van der Waals surface area contributed by atoms with E-state index in [9.17, 15) is 5.26 Å². The molecule has 1 aromatic carbocycles. The van der Waals surface area contributed by atoms with Crippen molar-refractivity contribution in [3.05, 3.63) is 53.4 Å². The largest absolute Gasteiger partial charge is 0.492 e. The van der Waals surface area contributed by atoms with E-state index in [1.54, 1.807) is 0 Å². The highest BCUT2D eigenvalue weighted by atomic mass is 16.5. The second-order valence-electron chi connectivity index (χ2n) is 9.09. The summed E-state index contributed by atoms with van der Waals surface area (Å²) in [5.41, 5.74) is 4.36. The molecule has 1 unspecified atom stereocenters. The van der Waals surface area contributed by atoms with Gasteiger partial charge in [0.15, 0.2) is 0 Å². The molecule has 1 fully saturated rings. The standard InChI is InChI=1S/C27H34N4O/c1-3-20-5-7-23(8-6-20)24-9-10-26(25(15-24)16-28)32-19-22-11-13-31(14-12-22)27-29-17-21(4-2)18-30-27/h7,9-10,15,17-18,20,22H,3-6,8,11-14,19H2,1-2H3. The lowest BCUT2D eigenvalue weighted by molar-refractivity contribution is 0.222. The number of nitriles is 1. The maximum atomic E-state index is 9.69. The monoisotopic (exact) mass is 430 g/mol. The maximum Gasteiger partial charge on any atom is 0.225 e. The molecule has 5 heteroatoms. The lowest BCUT2D eigenvalue weighted by atomic mass is 9.85. The van der Waals surface area contributed by atoms with Gasteiger partial charge in [-0.2, -0.15) is 5.26 Å². The average molecular weight is 431 g/mol. The molecule has 1 aliphatic carbocycles. The molecule has 5 nitrogen and oxygen atoms in total. The zero-order valence-electron chi connectivity index (χ0n) is 19.4. The minimum absolute atomic E-state index is 0.486. The van der Waals surface area contributed by atoms with Crippen molar-refractivity contribution in [2.45, 2.75) is 58.8 Å². The van der Waals surface area contributed by atoms with Crippen LogP contribution in [0.25, 0.3) is 5.57 Å². The topological polar surface area (TPSA) is 62.0 Å². The summed E-state index contributed by atoms with van der Waals surface area (Å²) in [7, 11) is 0. The smallest absolute Gasteiger partial charge is 0.225 e. The summed E-state index contributed by atoms with van der Waals surface area (Å²) in [6, 6.07) is 8.46. The van der Waals surface area contributed by atoms with Crippen molar-refractivity contribution in [1.82, 2.24) is 9.97 Å². The van der Waals surface area contributed by atoms with Gasteiger partial charge in [-0.15, -0.1) is 0 Å². The van der Waals surface area contributed by atoms with Gasteiger partial charge in [0.1, 0.15) is 11.8 Å². The van der Waals surface area contributed by atoms with Gasteiger partial charge in [0, 0.05) is 25.5 Å². The van der Waals surface area contributed by atoms with E-state index >= 15 is 0 Å². The molecular formula is C27H34N4O. The number of benzene rings is 1. The predicted octanol–water partition coefficient (Wildman–Crippen LogP) is 5.80. The Morgan fingerprint density at radius 2 is 1.88 bits per heavy atom. The molecule has 1 aliphatic heterocycles. The van der Waals surface area contributed by atoms with Crippen LogP contribution in [0.4, 0.5) is 5.95 Å². The molecule has 168 valence electrons. The molecule has 2 aromatic rings. The van der Waals surface area contributed by atoms with Crippen molar-refractivity contribution < 1.29 is 4.74 Å². The average Bonchev–Trinajstić information content (AvgIpc) is 2.88. The summed E-state index contributed by atoms with van der Waals surface area (Å²) >= 11 is 0. The van der Waals surface area contributed by atoms with E-state index < -0.39 is 0 Å². The van der Waals surface area contributed by atoms with Crippen LogP contribution in [0.15, 0.2) is 36.7 Å². The molecule has 0 radical (unpaired) electrons. The Morgan fingerprint density at radius 1 is 1.09 bits per heavy atom. The Kier molecular flexibility index (Phi) is 7.42. The second-order valence-corrected chi connectivity index (χ2v) is 9.09. The van der Waals surface area contributed by atoms with Crippen LogP contribution in [0.1, 0.15) is 69.1 Å². The number of piperidine rings is 1.